The first kappa shape index (κ1) is 57.6. The number of esters is 1. The van der Waals surface area contributed by atoms with E-state index in [1.165, 1.54) is 109 Å². The van der Waals surface area contributed by atoms with Gasteiger partial charge in [-0.05, 0) is 51.4 Å². The Morgan fingerprint density at radius 3 is 1.39 bits per heavy atom. The maximum Gasteiger partial charge on any atom is 0.472 e. The summed E-state index contributed by atoms with van der Waals surface area (Å²) >= 11 is 0. The van der Waals surface area contributed by atoms with E-state index >= 15 is 0 Å². The number of phosphoric ester groups is 1. The van der Waals surface area contributed by atoms with Crippen LogP contribution in [0.2, 0.25) is 0 Å². The molecule has 358 valence electrons. The second kappa shape index (κ2) is 39.0. The van der Waals surface area contributed by atoms with Crippen molar-refractivity contribution in [2.24, 2.45) is 0 Å². The van der Waals surface area contributed by atoms with E-state index in [9.17, 15) is 39.8 Å². The molecule has 0 aliphatic heterocycles. The molecule has 0 radical (unpaired) electrons. The van der Waals surface area contributed by atoms with Crippen molar-refractivity contribution in [3.05, 3.63) is 36.5 Å². The van der Waals surface area contributed by atoms with Gasteiger partial charge in [0.1, 0.15) is 42.7 Å². The molecule has 61 heavy (non-hydrogen) atoms. The normalized spacial score (nSPS) is 22.4. The molecule has 0 aromatic rings. The Bertz CT molecular complexity index is 1150. The largest absolute Gasteiger partial charge is 0.472 e. The molecule has 6 unspecified atom stereocenters. The first-order valence-electron chi connectivity index (χ1n) is 24.3. The van der Waals surface area contributed by atoms with Crippen LogP contribution in [0.15, 0.2) is 36.5 Å². The zero-order valence-electron chi connectivity index (χ0n) is 38.2. The van der Waals surface area contributed by atoms with Gasteiger partial charge in [0.05, 0.1) is 13.2 Å². The molecule has 0 spiro atoms. The highest BCUT2D eigenvalue weighted by atomic mass is 31.2. The summed E-state index contributed by atoms with van der Waals surface area (Å²) in [4.78, 5) is 23.1. The Labute approximate surface area is 370 Å². The number of allylic oxidation sites excluding steroid dienone is 6. The van der Waals surface area contributed by atoms with Crippen molar-refractivity contribution in [2.45, 2.75) is 243 Å². The Kier molecular flexibility index (Phi) is 36.8. The maximum atomic E-state index is 12.8. The molecule has 6 N–H and O–H groups in total. The van der Waals surface area contributed by atoms with E-state index in [1.807, 2.05) is 0 Å². The molecule has 1 aliphatic carbocycles. The molecule has 12 nitrogen and oxygen atoms in total. The number of carbonyl (C=O) groups is 1. The van der Waals surface area contributed by atoms with Crippen molar-refractivity contribution >= 4 is 13.8 Å². The monoisotopic (exact) mass is 889 g/mol. The Hall–Kier alpha value is -1.44. The lowest BCUT2D eigenvalue weighted by atomic mass is 9.85. The van der Waals surface area contributed by atoms with Gasteiger partial charge in [-0.2, -0.15) is 0 Å². The third kappa shape index (κ3) is 31.1. The number of hydrogen-bond acceptors (Lipinski definition) is 11. The Morgan fingerprint density at radius 1 is 0.525 bits per heavy atom. The van der Waals surface area contributed by atoms with E-state index < -0.39 is 63.1 Å². The lowest BCUT2D eigenvalue weighted by molar-refractivity contribution is -0.220. The van der Waals surface area contributed by atoms with E-state index in [0.717, 1.165) is 64.2 Å². The number of phosphoric acid groups is 1. The first-order valence-corrected chi connectivity index (χ1v) is 25.8. The third-order valence-electron chi connectivity index (χ3n) is 11.3. The van der Waals surface area contributed by atoms with Crippen molar-refractivity contribution < 1.29 is 58.3 Å². The van der Waals surface area contributed by atoms with Crippen molar-refractivity contribution in [1.29, 1.82) is 0 Å². The van der Waals surface area contributed by atoms with Gasteiger partial charge in [-0.15, -0.1) is 0 Å². The first-order chi connectivity index (χ1) is 29.5. The highest BCUT2D eigenvalue weighted by Gasteiger charge is 2.51. The minimum absolute atomic E-state index is 0.0785. The molecule has 0 aromatic carbocycles. The molecule has 1 saturated carbocycles. The van der Waals surface area contributed by atoms with Crippen LogP contribution in [0.3, 0.4) is 0 Å². The average molecular weight is 889 g/mol. The number of carbonyl (C=O) groups excluding carboxylic acids is 1. The van der Waals surface area contributed by atoms with Crippen LogP contribution in [0.5, 0.6) is 0 Å². The zero-order chi connectivity index (χ0) is 44.8. The van der Waals surface area contributed by atoms with Crippen LogP contribution in [0.1, 0.15) is 200 Å². The molecule has 6 atom stereocenters. The summed E-state index contributed by atoms with van der Waals surface area (Å²) in [5, 5.41) is 50.1. The fraction of sp³-hybridized carbons (Fsp3) is 0.854. The van der Waals surface area contributed by atoms with Gasteiger partial charge in [0.15, 0.2) is 0 Å². The summed E-state index contributed by atoms with van der Waals surface area (Å²) in [6, 6.07) is 0. The van der Waals surface area contributed by atoms with E-state index in [0.29, 0.717) is 13.0 Å². The number of ether oxygens (including phenoxy) is 2. The van der Waals surface area contributed by atoms with E-state index in [2.05, 4.69) is 50.3 Å². The highest BCUT2D eigenvalue weighted by Crippen LogP contribution is 2.47. The topological polar surface area (TPSA) is 192 Å². The Balaban J connectivity index is 2.30. The average Bonchev–Trinajstić information content (AvgIpc) is 3.24. The van der Waals surface area contributed by atoms with Gasteiger partial charge in [-0.25, -0.2) is 4.57 Å². The lowest BCUT2D eigenvalue weighted by Gasteiger charge is -2.41. The van der Waals surface area contributed by atoms with Crippen molar-refractivity contribution in [1.82, 2.24) is 0 Å². The van der Waals surface area contributed by atoms with Gasteiger partial charge in [0.2, 0.25) is 0 Å². The molecule has 1 fully saturated rings. The molecule has 0 aromatic heterocycles. The summed E-state index contributed by atoms with van der Waals surface area (Å²) in [7, 11) is -5.01. The van der Waals surface area contributed by atoms with Crippen molar-refractivity contribution in [3.8, 4) is 0 Å². The standard InChI is InChI=1S/C48H89O12P/c1-3-5-7-9-11-13-15-16-17-18-19-20-21-22-23-24-25-26-27-28-30-32-34-36-38-57-39-41(59-42(49)37-35-33-31-29-14-12-10-8-6-4-2)40-58-61(55,56)60-48-46(53)44(51)43(50)45(52)47(48)54/h15-16,18-19,21-22,41,43-48,50-54H,3-14,17,20,23-40H2,1-2H3,(H,55,56)/b16-15-,19-18-,22-21-. The number of unbranched alkanes of at least 4 members (excludes halogenated alkanes) is 23. The van der Waals surface area contributed by atoms with Crippen LogP contribution in [0, 0.1) is 0 Å². The van der Waals surface area contributed by atoms with Gasteiger partial charge < -0.3 is 39.9 Å². The molecule has 1 aliphatic rings. The number of aliphatic hydroxyl groups is 5. The van der Waals surface area contributed by atoms with Crippen molar-refractivity contribution in [3.63, 3.8) is 0 Å². The summed E-state index contributed by atoms with van der Waals surface area (Å²) in [5.74, 6) is -0.481. The van der Waals surface area contributed by atoms with E-state index in [1.54, 1.807) is 0 Å². The van der Waals surface area contributed by atoms with Crippen LogP contribution in [0.25, 0.3) is 0 Å². The van der Waals surface area contributed by atoms with Crippen LogP contribution >= 0.6 is 7.82 Å². The number of aliphatic hydroxyl groups excluding tert-OH is 5. The molecular formula is C48H89O12P. The van der Waals surface area contributed by atoms with E-state index in [-0.39, 0.29) is 13.0 Å². The van der Waals surface area contributed by atoms with Gasteiger partial charge in [0.25, 0.3) is 0 Å². The maximum absolute atomic E-state index is 12.8. The van der Waals surface area contributed by atoms with Crippen LogP contribution in [-0.4, -0.2) is 98.9 Å². The molecule has 0 heterocycles. The molecule has 0 bridgehead atoms. The SMILES string of the molecule is CCCCCCC/C=C\C/C=C\C/C=C\CCCCCCCCCCCOCC(COP(=O)(O)OC1C(O)C(O)C(O)C(O)C1O)OC(=O)CCCCCCCCCCCC. The molecule has 1 rings (SSSR count). The van der Waals surface area contributed by atoms with Crippen LogP contribution < -0.4 is 0 Å². The summed E-state index contributed by atoms with van der Waals surface area (Å²) < 4.78 is 34.2. The second-order valence-corrected chi connectivity index (χ2v) is 18.4. The minimum Gasteiger partial charge on any atom is -0.457 e. The van der Waals surface area contributed by atoms with Crippen LogP contribution in [0.4, 0.5) is 0 Å². The predicted octanol–water partition coefficient (Wildman–Crippen LogP) is 10.3. The lowest BCUT2D eigenvalue weighted by Crippen LogP contribution is -2.64. The van der Waals surface area contributed by atoms with Gasteiger partial charge >= 0.3 is 13.8 Å². The third-order valence-corrected chi connectivity index (χ3v) is 12.3. The fourth-order valence-electron chi connectivity index (χ4n) is 7.36. The van der Waals surface area contributed by atoms with E-state index in [4.69, 9.17) is 18.5 Å². The quantitative estimate of drug-likeness (QED) is 0.0148. The minimum atomic E-state index is -5.01. The predicted molar refractivity (Wildman–Crippen MR) is 244 cm³/mol. The van der Waals surface area contributed by atoms with Gasteiger partial charge in [-0.1, -0.05) is 179 Å². The number of rotatable bonds is 41. The highest BCUT2D eigenvalue weighted by molar-refractivity contribution is 7.47. The molecule has 0 amide bonds. The molecule has 13 heteroatoms. The zero-order valence-corrected chi connectivity index (χ0v) is 39.1. The van der Waals surface area contributed by atoms with Gasteiger partial charge in [-0.3, -0.25) is 13.8 Å². The molecule has 0 saturated heterocycles. The smallest absolute Gasteiger partial charge is 0.457 e. The van der Waals surface area contributed by atoms with Crippen molar-refractivity contribution in [2.75, 3.05) is 19.8 Å². The van der Waals surface area contributed by atoms with Crippen LogP contribution in [-0.2, 0) is 27.9 Å². The summed E-state index contributed by atoms with van der Waals surface area (Å²) in [5.41, 5.74) is 0. The summed E-state index contributed by atoms with van der Waals surface area (Å²) in [6.45, 7) is 4.22. The molecular weight excluding hydrogens is 799 g/mol. The second-order valence-electron chi connectivity index (χ2n) is 17.0. The summed E-state index contributed by atoms with van der Waals surface area (Å²) in [6.07, 6.45) is 33.7. The Morgan fingerprint density at radius 2 is 0.918 bits per heavy atom. The van der Waals surface area contributed by atoms with Gasteiger partial charge in [0, 0.05) is 13.0 Å². The fourth-order valence-corrected chi connectivity index (χ4v) is 8.34. The number of hydrogen-bond donors (Lipinski definition) is 6.